The van der Waals surface area contributed by atoms with Crippen LogP contribution in [0.2, 0.25) is 0 Å². The van der Waals surface area contributed by atoms with Crippen LogP contribution in [0, 0.1) is 13.8 Å². The van der Waals surface area contributed by atoms with Crippen molar-refractivity contribution in [2.45, 2.75) is 20.4 Å². The molecule has 2 aromatic rings. The Kier molecular flexibility index (Phi) is 3.06. The molecule has 0 spiro atoms. The van der Waals surface area contributed by atoms with Gasteiger partial charge in [-0.05, 0) is 32.0 Å². The molecule has 0 amide bonds. The molecule has 1 aromatic heterocycles. The molecule has 3 nitrogen and oxygen atoms in total. The lowest BCUT2D eigenvalue weighted by molar-refractivity contribution is 0.570. The summed E-state index contributed by atoms with van der Waals surface area (Å²) < 4.78 is 5.49. The Morgan fingerprint density at radius 1 is 1.31 bits per heavy atom. The summed E-state index contributed by atoms with van der Waals surface area (Å²) >= 11 is 0. The fraction of sp³-hybridized carbons (Fsp3) is 0.308. The molecule has 1 N–H and O–H groups in total. The third-order valence-corrected chi connectivity index (χ3v) is 2.83. The van der Waals surface area contributed by atoms with Gasteiger partial charge in [-0.2, -0.15) is 0 Å². The maximum atomic E-state index is 5.49. The van der Waals surface area contributed by atoms with E-state index >= 15 is 0 Å². The van der Waals surface area contributed by atoms with E-state index in [4.69, 9.17) is 4.42 Å². The molecule has 0 bridgehead atoms. The Morgan fingerprint density at radius 2 is 2.12 bits per heavy atom. The van der Waals surface area contributed by atoms with E-state index in [9.17, 15) is 0 Å². The average molecular weight is 216 g/mol. The SMILES string of the molecule is CNCc1ncoc1-c1cccc(C)c1C. The highest BCUT2D eigenvalue weighted by atomic mass is 16.3. The number of benzene rings is 1. The van der Waals surface area contributed by atoms with Crippen LogP contribution in [0.3, 0.4) is 0 Å². The molecule has 0 atom stereocenters. The number of hydrogen-bond acceptors (Lipinski definition) is 3. The summed E-state index contributed by atoms with van der Waals surface area (Å²) in [5, 5.41) is 3.09. The molecule has 0 aliphatic rings. The minimum Gasteiger partial charge on any atom is -0.443 e. The average Bonchev–Trinajstić information content (AvgIpc) is 2.71. The molecule has 3 heteroatoms. The van der Waals surface area contributed by atoms with E-state index in [0.29, 0.717) is 0 Å². The number of nitrogens with one attached hydrogen (secondary N) is 1. The Labute approximate surface area is 95.5 Å². The van der Waals surface area contributed by atoms with E-state index in [1.54, 1.807) is 0 Å². The third kappa shape index (κ3) is 1.86. The Balaban J connectivity index is 2.50. The molecule has 84 valence electrons. The lowest BCUT2D eigenvalue weighted by atomic mass is 10.0. The smallest absolute Gasteiger partial charge is 0.181 e. The Morgan fingerprint density at radius 3 is 2.88 bits per heavy atom. The quantitative estimate of drug-likeness (QED) is 0.857. The van der Waals surface area contributed by atoms with Gasteiger partial charge in [-0.15, -0.1) is 0 Å². The minimum atomic E-state index is 0.721. The van der Waals surface area contributed by atoms with Crippen LogP contribution < -0.4 is 5.32 Å². The first-order chi connectivity index (χ1) is 7.74. The van der Waals surface area contributed by atoms with Crippen LogP contribution in [0.5, 0.6) is 0 Å². The normalized spacial score (nSPS) is 10.7. The van der Waals surface area contributed by atoms with Crippen LogP contribution in [-0.4, -0.2) is 12.0 Å². The van der Waals surface area contributed by atoms with Crippen LogP contribution in [-0.2, 0) is 6.54 Å². The van der Waals surface area contributed by atoms with Crippen molar-refractivity contribution in [3.05, 3.63) is 41.4 Å². The van der Waals surface area contributed by atoms with E-state index in [0.717, 1.165) is 23.6 Å². The van der Waals surface area contributed by atoms with Crippen molar-refractivity contribution in [1.29, 1.82) is 0 Å². The number of rotatable bonds is 3. The van der Waals surface area contributed by atoms with Crippen LogP contribution in [0.1, 0.15) is 16.8 Å². The largest absolute Gasteiger partial charge is 0.443 e. The second kappa shape index (κ2) is 4.49. The molecule has 0 saturated heterocycles. The second-order valence-corrected chi connectivity index (χ2v) is 3.91. The fourth-order valence-corrected chi connectivity index (χ4v) is 1.78. The van der Waals surface area contributed by atoms with Crippen molar-refractivity contribution in [2.24, 2.45) is 0 Å². The van der Waals surface area contributed by atoms with Crippen LogP contribution >= 0.6 is 0 Å². The molecule has 2 rings (SSSR count). The van der Waals surface area contributed by atoms with Gasteiger partial charge in [-0.25, -0.2) is 4.98 Å². The predicted molar refractivity (Wildman–Crippen MR) is 64.2 cm³/mol. The first-order valence-electron chi connectivity index (χ1n) is 5.37. The summed E-state index contributed by atoms with van der Waals surface area (Å²) in [6.07, 6.45) is 1.50. The summed E-state index contributed by atoms with van der Waals surface area (Å²) in [6, 6.07) is 6.22. The van der Waals surface area contributed by atoms with Gasteiger partial charge in [0, 0.05) is 12.1 Å². The highest BCUT2D eigenvalue weighted by Gasteiger charge is 2.12. The van der Waals surface area contributed by atoms with E-state index in [-0.39, 0.29) is 0 Å². The zero-order valence-corrected chi connectivity index (χ0v) is 9.87. The number of oxazole rings is 1. The van der Waals surface area contributed by atoms with Crippen molar-refractivity contribution >= 4 is 0 Å². The first-order valence-corrected chi connectivity index (χ1v) is 5.37. The zero-order valence-electron chi connectivity index (χ0n) is 9.87. The van der Waals surface area contributed by atoms with Crippen molar-refractivity contribution in [1.82, 2.24) is 10.3 Å². The summed E-state index contributed by atoms with van der Waals surface area (Å²) in [7, 11) is 1.90. The van der Waals surface area contributed by atoms with Crippen molar-refractivity contribution in [2.75, 3.05) is 7.05 Å². The lowest BCUT2D eigenvalue weighted by Gasteiger charge is -2.07. The molecule has 16 heavy (non-hydrogen) atoms. The predicted octanol–water partition coefficient (Wildman–Crippen LogP) is 2.68. The molecular formula is C13H16N2O. The summed E-state index contributed by atoms with van der Waals surface area (Å²) in [5.74, 6) is 0.871. The van der Waals surface area contributed by atoms with Gasteiger partial charge in [-0.3, -0.25) is 0 Å². The van der Waals surface area contributed by atoms with Gasteiger partial charge >= 0.3 is 0 Å². The minimum absolute atomic E-state index is 0.721. The van der Waals surface area contributed by atoms with Crippen molar-refractivity contribution in [3.8, 4) is 11.3 Å². The van der Waals surface area contributed by atoms with E-state index in [1.165, 1.54) is 17.5 Å². The van der Waals surface area contributed by atoms with Crippen LogP contribution in [0.25, 0.3) is 11.3 Å². The Hall–Kier alpha value is -1.61. The fourth-order valence-electron chi connectivity index (χ4n) is 1.78. The first kappa shape index (κ1) is 10.9. The molecule has 0 fully saturated rings. The monoisotopic (exact) mass is 216 g/mol. The number of hydrogen-bond donors (Lipinski definition) is 1. The summed E-state index contributed by atoms with van der Waals surface area (Å²) in [6.45, 7) is 4.93. The number of nitrogens with zero attached hydrogens (tertiary/aromatic N) is 1. The van der Waals surface area contributed by atoms with Gasteiger partial charge in [-0.1, -0.05) is 18.2 Å². The maximum Gasteiger partial charge on any atom is 0.181 e. The van der Waals surface area contributed by atoms with Gasteiger partial charge in [0.25, 0.3) is 0 Å². The van der Waals surface area contributed by atoms with Crippen molar-refractivity contribution in [3.63, 3.8) is 0 Å². The third-order valence-electron chi connectivity index (χ3n) is 2.83. The zero-order chi connectivity index (χ0) is 11.5. The number of aromatic nitrogens is 1. The molecule has 0 unspecified atom stereocenters. The summed E-state index contributed by atoms with van der Waals surface area (Å²) in [4.78, 5) is 4.22. The summed E-state index contributed by atoms with van der Waals surface area (Å²) in [5.41, 5.74) is 4.60. The Bertz CT molecular complexity index is 488. The molecular weight excluding hydrogens is 200 g/mol. The molecule has 1 aromatic carbocycles. The van der Waals surface area contributed by atoms with Crippen LogP contribution in [0.4, 0.5) is 0 Å². The van der Waals surface area contributed by atoms with Gasteiger partial charge < -0.3 is 9.73 Å². The number of aryl methyl sites for hydroxylation is 1. The highest BCUT2D eigenvalue weighted by Crippen LogP contribution is 2.27. The van der Waals surface area contributed by atoms with Crippen LogP contribution in [0.15, 0.2) is 29.0 Å². The van der Waals surface area contributed by atoms with E-state index in [1.807, 2.05) is 13.1 Å². The van der Waals surface area contributed by atoms with E-state index in [2.05, 4.69) is 36.3 Å². The van der Waals surface area contributed by atoms with Gasteiger partial charge in [0.2, 0.25) is 0 Å². The maximum absolute atomic E-state index is 5.49. The standard InChI is InChI=1S/C13H16N2O/c1-9-5-4-6-11(10(9)2)13-12(7-14-3)15-8-16-13/h4-6,8,14H,7H2,1-3H3. The molecule has 0 aliphatic heterocycles. The van der Waals surface area contributed by atoms with Crippen molar-refractivity contribution < 1.29 is 4.42 Å². The topological polar surface area (TPSA) is 38.1 Å². The van der Waals surface area contributed by atoms with E-state index < -0.39 is 0 Å². The molecule has 0 radical (unpaired) electrons. The van der Waals surface area contributed by atoms with Gasteiger partial charge in [0.15, 0.2) is 12.2 Å². The van der Waals surface area contributed by atoms with Gasteiger partial charge in [0.05, 0.1) is 0 Å². The van der Waals surface area contributed by atoms with Gasteiger partial charge in [0.1, 0.15) is 5.69 Å². The second-order valence-electron chi connectivity index (χ2n) is 3.91. The lowest BCUT2D eigenvalue weighted by Crippen LogP contribution is -2.06. The molecule has 0 aliphatic carbocycles. The molecule has 0 saturated carbocycles. The molecule has 1 heterocycles. The highest BCUT2D eigenvalue weighted by molar-refractivity contribution is 5.65.